The normalized spacial score (nSPS) is 14.3. The van der Waals surface area contributed by atoms with Crippen LogP contribution in [0.2, 0.25) is 0 Å². The van der Waals surface area contributed by atoms with Crippen molar-refractivity contribution in [1.29, 1.82) is 0 Å². The number of rotatable bonds is 5. The van der Waals surface area contributed by atoms with Gasteiger partial charge in [0.25, 0.3) is 0 Å². The van der Waals surface area contributed by atoms with Crippen LogP contribution in [0, 0.1) is 0 Å². The second-order valence-electron chi connectivity index (χ2n) is 5.03. The SMILES string of the molecule is CCCNc1nc(-c2ccncc2)nc(C2CC2)c1Br. The third kappa shape index (κ3) is 2.82. The minimum Gasteiger partial charge on any atom is -0.369 e. The van der Waals surface area contributed by atoms with Crippen molar-refractivity contribution in [3.8, 4) is 11.4 Å². The van der Waals surface area contributed by atoms with E-state index in [1.54, 1.807) is 12.4 Å². The van der Waals surface area contributed by atoms with Gasteiger partial charge in [0, 0.05) is 30.4 Å². The summed E-state index contributed by atoms with van der Waals surface area (Å²) in [4.78, 5) is 13.5. The second kappa shape index (κ2) is 5.87. The van der Waals surface area contributed by atoms with E-state index in [-0.39, 0.29) is 0 Å². The van der Waals surface area contributed by atoms with E-state index in [9.17, 15) is 0 Å². The average molecular weight is 333 g/mol. The maximum atomic E-state index is 4.75. The Bertz CT molecular complexity index is 596. The molecule has 0 radical (unpaired) electrons. The van der Waals surface area contributed by atoms with E-state index < -0.39 is 0 Å². The molecule has 104 valence electrons. The summed E-state index contributed by atoms with van der Waals surface area (Å²) in [6.45, 7) is 3.06. The monoisotopic (exact) mass is 332 g/mol. The average Bonchev–Trinajstić information content (AvgIpc) is 3.32. The summed E-state index contributed by atoms with van der Waals surface area (Å²) in [7, 11) is 0. The quantitative estimate of drug-likeness (QED) is 0.898. The topological polar surface area (TPSA) is 50.7 Å². The van der Waals surface area contributed by atoms with Gasteiger partial charge in [0.05, 0.1) is 10.2 Å². The highest BCUT2D eigenvalue weighted by Gasteiger charge is 2.29. The van der Waals surface area contributed by atoms with Crippen molar-refractivity contribution < 1.29 is 0 Å². The summed E-state index contributed by atoms with van der Waals surface area (Å²) >= 11 is 3.66. The molecule has 0 bridgehead atoms. The van der Waals surface area contributed by atoms with Crippen molar-refractivity contribution in [3.05, 3.63) is 34.7 Å². The number of hydrogen-bond donors (Lipinski definition) is 1. The Morgan fingerprint density at radius 1 is 1.25 bits per heavy atom. The molecule has 1 saturated carbocycles. The van der Waals surface area contributed by atoms with Crippen LogP contribution in [0.15, 0.2) is 29.0 Å². The standard InChI is InChI=1S/C15H17BrN4/c1-2-7-18-15-12(16)13(10-3-4-10)19-14(20-15)11-5-8-17-9-6-11/h5-6,8-10H,2-4,7H2,1H3,(H,18,19,20). The van der Waals surface area contributed by atoms with Gasteiger partial charge in [-0.05, 0) is 47.3 Å². The smallest absolute Gasteiger partial charge is 0.161 e. The third-order valence-electron chi connectivity index (χ3n) is 3.32. The first-order valence-electron chi connectivity index (χ1n) is 7.01. The van der Waals surface area contributed by atoms with Gasteiger partial charge in [-0.25, -0.2) is 9.97 Å². The Labute approximate surface area is 127 Å². The van der Waals surface area contributed by atoms with Crippen molar-refractivity contribution in [2.45, 2.75) is 32.1 Å². The van der Waals surface area contributed by atoms with Crippen LogP contribution in [-0.4, -0.2) is 21.5 Å². The molecule has 2 aromatic heterocycles. The molecule has 4 nitrogen and oxygen atoms in total. The Morgan fingerprint density at radius 3 is 2.65 bits per heavy atom. The number of pyridine rings is 1. The molecular formula is C15H17BrN4. The largest absolute Gasteiger partial charge is 0.369 e. The fraction of sp³-hybridized carbons (Fsp3) is 0.400. The molecule has 0 unspecified atom stereocenters. The van der Waals surface area contributed by atoms with Crippen molar-refractivity contribution >= 4 is 21.7 Å². The summed E-state index contributed by atoms with van der Waals surface area (Å²) in [5, 5.41) is 3.38. The third-order valence-corrected chi connectivity index (χ3v) is 4.10. The molecule has 0 amide bonds. The van der Waals surface area contributed by atoms with Crippen molar-refractivity contribution in [2.75, 3.05) is 11.9 Å². The van der Waals surface area contributed by atoms with Gasteiger partial charge in [-0.1, -0.05) is 6.92 Å². The van der Waals surface area contributed by atoms with E-state index in [4.69, 9.17) is 4.98 Å². The van der Waals surface area contributed by atoms with Gasteiger partial charge >= 0.3 is 0 Å². The summed E-state index contributed by atoms with van der Waals surface area (Å²) in [6, 6.07) is 3.90. The number of aromatic nitrogens is 3. The molecule has 1 N–H and O–H groups in total. The maximum absolute atomic E-state index is 4.75. The Morgan fingerprint density at radius 2 is 2.00 bits per heavy atom. The molecule has 0 aromatic carbocycles. The molecule has 2 aromatic rings. The van der Waals surface area contributed by atoms with Gasteiger partial charge in [0.1, 0.15) is 5.82 Å². The molecular weight excluding hydrogens is 316 g/mol. The summed E-state index contributed by atoms with van der Waals surface area (Å²) < 4.78 is 1.02. The van der Waals surface area contributed by atoms with Gasteiger partial charge < -0.3 is 5.32 Å². The van der Waals surface area contributed by atoms with E-state index in [0.717, 1.165) is 40.3 Å². The Kier molecular flexibility index (Phi) is 3.96. The highest BCUT2D eigenvalue weighted by atomic mass is 79.9. The predicted molar refractivity (Wildman–Crippen MR) is 83.7 cm³/mol. The molecule has 0 spiro atoms. The summed E-state index contributed by atoms with van der Waals surface area (Å²) in [5.74, 6) is 2.25. The number of anilines is 1. The molecule has 5 heteroatoms. The molecule has 1 fully saturated rings. The summed E-state index contributed by atoms with van der Waals surface area (Å²) in [6.07, 6.45) is 7.06. The predicted octanol–water partition coefficient (Wildman–Crippen LogP) is 4.00. The summed E-state index contributed by atoms with van der Waals surface area (Å²) in [5.41, 5.74) is 2.14. The van der Waals surface area contributed by atoms with E-state index >= 15 is 0 Å². The first-order chi connectivity index (χ1) is 9.79. The minimum atomic E-state index is 0.579. The van der Waals surface area contributed by atoms with Gasteiger partial charge in [-0.3, -0.25) is 4.98 Å². The van der Waals surface area contributed by atoms with E-state index in [1.165, 1.54) is 12.8 Å². The first-order valence-corrected chi connectivity index (χ1v) is 7.80. The zero-order chi connectivity index (χ0) is 13.9. The lowest BCUT2D eigenvalue weighted by Crippen LogP contribution is -2.07. The molecule has 1 aliphatic carbocycles. The van der Waals surface area contributed by atoms with Crippen LogP contribution in [0.5, 0.6) is 0 Å². The van der Waals surface area contributed by atoms with Crippen molar-refractivity contribution in [1.82, 2.24) is 15.0 Å². The molecule has 1 aliphatic rings. The fourth-order valence-corrected chi connectivity index (χ4v) is 2.72. The Hall–Kier alpha value is -1.49. The minimum absolute atomic E-state index is 0.579. The van der Waals surface area contributed by atoms with Crippen LogP contribution in [-0.2, 0) is 0 Å². The van der Waals surface area contributed by atoms with Gasteiger partial charge in [0.15, 0.2) is 5.82 Å². The molecule has 0 aliphatic heterocycles. The van der Waals surface area contributed by atoms with E-state index in [1.807, 2.05) is 12.1 Å². The van der Waals surface area contributed by atoms with Crippen molar-refractivity contribution in [2.24, 2.45) is 0 Å². The molecule has 2 heterocycles. The molecule has 20 heavy (non-hydrogen) atoms. The van der Waals surface area contributed by atoms with Crippen molar-refractivity contribution in [3.63, 3.8) is 0 Å². The highest BCUT2D eigenvalue weighted by molar-refractivity contribution is 9.10. The number of hydrogen-bond acceptors (Lipinski definition) is 4. The fourth-order valence-electron chi connectivity index (χ4n) is 2.08. The van der Waals surface area contributed by atoms with E-state index in [0.29, 0.717) is 5.92 Å². The number of nitrogens with zero attached hydrogens (tertiary/aromatic N) is 3. The van der Waals surface area contributed by atoms with Crippen LogP contribution in [0.25, 0.3) is 11.4 Å². The zero-order valence-corrected chi connectivity index (χ0v) is 13.0. The van der Waals surface area contributed by atoms with Crippen LogP contribution >= 0.6 is 15.9 Å². The lowest BCUT2D eigenvalue weighted by Gasteiger charge is -2.12. The highest BCUT2D eigenvalue weighted by Crippen LogP contribution is 2.44. The molecule has 0 atom stereocenters. The number of halogens is 1. The lowest BCUT2D eigenvalue weighted by molar-refractivity contribution is 0.939. The molecule has 3 rings (SSSR count). The Balaban J connectivity index is 2.03. The van der Waals surface area contributed by atoms with Crippen LogP contribution in [0.4, 0.5) is 5.82 Å². The van der Waals surface area contributed by atoms with Gasteiger partial charge in [-0.15, -0.1) is 0 Å². The molecule has 0 saturated heterocycles. The maximum Gasteiger partial charge on any atom is 0.161 e. The van der Waals surface area contributed by atoms with Gasteiger partial charge in [-0.2, -0.15) is 0 Å². The second-order valence-corrected chi connectivity index (χ2v) is 5.82. The zero-order valence-electron chi connectivity index (χ0n) is 11.4. The van der Waals surface area contributed by atoms with Crippen LogP contribution < -0.4 is 5.32 Å². The first kappa shape index (κ1) is 13.5. The van der Waals surface area contributed by atoms with Crippen LogP contribution in [0.3, 0.4) is 0 Å². The van der Waals surface area contributed by atoms with E-state index in [2.05, 4.69) is 38.1 Å². The lowest BCUT2D eigenvalue weighted by atomic mass is 10.2. The van der Waals surface area contributed by atoms with Gasteiger partial charge in [0.2, 0.25) is 0 Å². The van der Waals surface area contributed by atoms with Crippen LogP contribution in [0.1, 0.15) is 37.8 Å². The number of nitrogens with one attached hydrogen (secondary N) is 1.